The summed E-state index contributed by atoms with van der Waals surface area (Å²) in [6.45, 7) is 0. The summed E-state index contributed by atoms with van der Waals surface area (Å²) in [4.78, 5) is 0. The number of hydrogen-bond donors (Lipinski definition) is 0. The van der Waals surface area contributed by atoms with Crippen molar-refractivity contribution in [1.82, 2.24) is 0 Å². The molecule has 3 aromatic rings. The Kier molecular flexibility index (Phi) is 3.94. The normalized spacial score (nSPS) is 14.1. The van der Waals surface area contributed by atoms with Crippen LogP contribution in [0.1, 0.15) is 0 Å². The van der Waals surface area contributed by atoms with Crippen LogP contribution in [0.5, 0.6) is 0 Å². The van der Waals surface area contributed by atoms with Gasteiger partial charge < -0.3 is 4.57 Å². The maximum Gasteiger partial charge on any atom is 0.198 e. The molecule has 0 saturated heterocycles. The molecule has 0 amide bonds. The second kappa shape index (κ2) is 5.91. The average Bonchev–Trinajstić information content (AvgIpc) is 2.98. The number of hydrogen-bond acceptors (Lipinski definition) is 1. The monoisotopic (exact) mass is 420 g/mol. The van der Waals surface area contributed by atoms with Gasteiger partial charge in [0, 0.05) is 16.4 Å². The van der Waals surface area contributed by atoms with E-state index in [1.54, 1.807) is 0 Å². The molecule has 1 heterocycles. The first-order chi connectivity index (χ1) is 13.1. The van der Waals surface area contributed by atoms with Crippen molar-refractivity contribution in [3.63, 3.8) is 0 Å². The van der Waals surface area contributed by atoms with E-state index in [-0.39, 0.29) is 0 Å². The molecule has 0 saturated carbocycles. The third-order valence-corrected chi connectivity index (χ3v) is 7.61. The lowest BCUT2D eigenvalue weighted by Crippen LogP contribution is -2.27. The standard InChI is InChI=1S/C18H5F8OP/c19-9-7-8-10(20)12(22)14(24)16(26)18(8)28(27,6-4-2-1-3-5-6)17(7)15(25)13(23)11(9)21/h1-5H. The summed E-state index contributed by atoms with van der Waals surface area (Å²) in [5.41, 5.74) is -2.90. The van der Waals surface area contributed by atoms with E-state index < -0.39 is 80.7 Å². The number of fused-ring (bicyclic) bond motifs is 3. The fourth-order valence-corrected chi connectivity index (χ4v) is 6.43. The molecule has 0 radical (unpaired) electrons. The van der Waals surface area contributed by atoms with Crippen molar-refractivity contribution in [3.05, 3.63) is 76.9 Å². The first-order valence-electron chi connectivity index (χ1n) is 7.53. The molecule has 10 heteroatoms. The molecule has 0 atom stereocenters. The van der Waals surface area contributed by atoms with Crippen molar-refractivity contribution >= 4 is 23.1 Å². The van der Waals surface area contributed by atoms with Gasteiger partial charge >= 0.3 is 0 Å². The molecular weight excluding hydrogens is 415 g/mol. The molecule has 1 aliphatic rings. The van der Waals surface area contributed by atoms with Crippen molar-refractivity contribution in [2.75, 3.05) is 0 Å². The fourth-order valence-electron chi connectivity index (χ4n) is 3.30. The van der Waals surface area contributed by atoms with Crippen LogP contribution >= 0.6 is 7.14 Å². The van der Waals surface area contributed by atoms with Gasteiger partial charge in [0.15, 0.2) is 53.7 Å². The van der Waals surface area contributed by atoms with E-state index in [0.717, 1.165) is 12.1 Å². The zero-order valence-corrected chi connectivity index (χ0v) is 14.2. The van der Waals surface area contributed by atoms with Crippen molar-refractivity contribution in [2.24, 2.45) is 0 Å². The van der Waals surface area contributed by atoms with Crippen LogP contribution < -0.4 is 15.9 Å². The largest absolute Gasteiger partial charge is 0.308 e. The highest BCUT2D eigenvalue weighted by Crippen LogP contribution is 2.55. The van der Waals surface area contributed by atoms with Crippen LogP contribution in [0.25, 0.3) is 11.1 Å². The summed E-state index contributed by atoms with van der Waals surface area (Å²) in [7, 11) is -4.97. The molecule has 1 nitrogen and oxygen atoms in total. The molecule has 3 aromatic carbocycles. The van der Waals surface area contributed by atoms with Gasteiger partial charge in [0.2, 0.25) is 0 Å². The number of benzene rings is 3. The number of halogens is 8. The summed E-state index contributed by atoms with van der Waals surface area (Å²) >= 11 is 0. The predicted molar refractivity (Wildman–Crippen MR) is 84.5 cm³/mol. The SMILES string of the molecule is O=P1(c2ccccc2)c2c(F)c(F)c(F)c(F)c2-c2c(F)c(F)c(F)c(F)c21. The Morgan fingerprint density at radius 2 is 0.857 bits per heavy atom. The van der Waals surface area contributed by atoms with E-state index in [4.69, 9.17) is 0 Å². The van der Waals surface area contributed by atoms with Crippen molar-refractivity contribution in [3.8, 4) is 11.1 Å². The van der Waals surface area contributed by atoms with Crippen LogP contribution in [0.15, 0.2) is 30.3 Å². The van der Waals surface area contributed by atoms with Crippen LogP contribution in [-0.2, 0) is 4.57 Å². The van der Waals surface area contributed by atoms with Gasteiger partial charge in [-0.3, -0.25) is 0 Å². The Labute approximate surface area is 151 Å². The van der Waals surface area contributed by atoms with Gasteiger partial charge in [-0.15, -0.1) is 0 Å². The van der Waals surface area contributed by atoms with Crippen LogP contribution in [-0.4, -0.2) is 0 Å². The summed E-state index contributed by atoms with van der Waals surface area (Å²) in [6, 6.07) is 5.97. The van der Waals surface area contributed by atoms with E-state index in [9.17, 15) is 39.7 Å². The highest BCUT2D eigenvalue weighted by atomic mass is 31.2. The molecule has 28 heavy (non-hydrogen) atoms. The Morgan fingerprint density at radius 1 is 0.500 bits per heavy atom. The molecule has 0 bridgehead atoms. The minimum Gasteiger partial charge on any atom is -0.308 e. The van der Waals surface area contributed by atoms with Crippen LogP contribution in [0.3, 0.4) is 0 Å². The molecule has 4 rings (SSSR count). The van der Waals surface area contributed by atoms with Crippen molar-refractivity contribution in [2.45, 2.75) is 0 Å². The maximum absolute atomic E-state index is 14.6. The molecule has 0 N–H and O–H groups in total. The van der Waals surface area contributed by atoms with E-state index in [1.165, 1.54) is 18.2 Å². The minimum atomic E-state index is -4.97. The third kappa shape index (κ3) is 2.05. The van der Waals surface area contributed by atoms with Gasteiger partial charge in [-0.1, -0.05) is 30.3 Å². The van der Waals surface area contributed by atoms with Gasteiger partial charge in [-0.25, -0.2) is 35.1 Å². The van der Waals surface area contributed by atoms with Gasteiger partial charge in [-0.05, 0) is 0 Å². The van der Waals surface area contributed by atoms with Gasteiger partial charge in [-0.2, -0.15) is 0 Å². The highest BCUT2D eigenvalue weighted by molar-refractivity contribution is 7.86. The number of rotatable bonds is 1. The Bertz CT molecular complexity index is 1150. The molecule has 1 aliphatic heterocycles. The zero-order valence-electron chi connectivity index (χ0n) is 13.3. The zero-order chi connectivity index (χ0) is 20.5. The first-order valence-corrected chi connectivity index (χ1v) is 9.23. The molecule has 0 aromatic heterocycles. The summed E-state index contributed by atoms with van der Waals surface area (Å²) in [5.74, 6) is -18.3. The topological polar surface area (TPSA) is 17.1 Å². The first kappa shape index (κ1) is 18.7. The van der Waals surface area contributed by atoms with E-state index in [2.05, 4.69) is 0 Å². The fraction of sp³-hybridized carbons (Fsp3) is 0. The maximum atomic E-state index is 14.6. The van der Waals surface area contributed by atoms with Crippen molar-refractivity contribution in [1.29, 1.82) is 0 Å². The van der Waals surface area contributed by atoms with Crippen LogP contribution in [0.4, 0.5) is 35.1 Å². The lowest BCUT2D eigenvalue weighted by atomic mass is 10.0. The third-order valence-electron chi connectivity index (χ3n) is 4.48. The molecule has 0 fully saturated rings. The summed E-state index contributed by atoms with van der Waals surface area (Å²) < 4.78 is 127. The smallest absolute Gasteiger partial charge is 0.198 e. The molecular formula is C18H5F8OP. The van der Waals surface area contributed by atoms with Gasteiger partial charge in [0.1, 0.15) is 0 Å². The van der Waals surface area contributed by atoms with Crippen LogP contribution in [0, 0.1) is 46.5 Å². The van der Waals surface area contributed by atoms with Gasteiger partial charge in [0.25, 0.3) is 0 Å². The highest BCUT2D eigenvalue weighted by Gasteiger charge is 2.51. The van der Waals surface area contributed by atoms with Gasteiger partial charge in [0.05, 0.1) is 10.6 Å². The Hall–Kier alpha value is -2.67. The Balaban J connectivity index is 2.34. The average molecular weight is 420 g/mol. The second-order valence-corrected chi connectivity index (χ2v) is 8.53. The molecule has 0 aliphatic carbocycles. The predicted octanol–water partition coefficient (Wildman–Crippen LogP) is 4.42. The van der Waals surface area contributed by atoms with E-state index >= 15 is 0 Å². The quantitative estimate of drug-likeness (QED) is 0.193. The lowest BCUT2D eigenvalue weighted by Gasteiger charge is -2.17. The lowest BCUT2D eigenvalue weighted by molar-refractivity contribution is 0.409. The molecule has 0 unspecified atom stereocenters. The second-order valence-electron chi connectivity index (χ2n) is 5.90. The van der Waals surface area contributed by atoms with Crippen LogP contribution in [0.2, 0.25) is 0 Å². The van der Waals surface area contributed by atoms with E-state index in [1.807, 2.05) is 0 Å². The summed E-state index contributed by atoms with van der Waals surface area (Å²) in [5, 5.41) is -3.23. The summed E-state index contributed by atoms with van der Waals surface area (Å²) in [6.07, 6.45) is 0. The van der Waals surface area contributed by atoms with Crippen molar-refractivity contribution < 1.29 is 39.7 Å². The minimum absolute atomic E-state index is 0.441. The Morgan fingerprint density at radius 3 is 1.25 bits per heavy atom. The van der Waals surface area contributed by atoms with E-state index in [0.29, 0.717) is 0 Å². The molecule has 0 spiro atoms. The molecule has 144 valence electrons.